The molecule has 1 saturated carbocycles. The van der Waals surface area contributed by atoms with Crippen molar-refractivity contribution in [3.8, 4) is 11.3 Å². The summed E-state index contributed by atoms with van der Waals surface area (Å²) in [6, 6.07) is 1.93. The minimum Gasteiger partial charge on any atom is -0.393 e. The van der Waals surface area contributed by atoms with Gasteiger partial charge in [0.15, 0.2) is 0 Å². The monoisotopic (exact) mass is 311 g/mol. The molecule has 3 aromatic heterocycles. The summed E-state index contributed by atoms with van der Waals surface area (Å²) in [5, 5.41) is 15.1. The molecule has 7 nitrogen and oxygen atoms in total. The first-order valence-electron chi connectivity index (χ1n) is 7.58. The largest absolute Gasteiger partial charge is 0.393 e. The molecule has 0 aromatic carbocycles. The SMILES string of the molecule is CC(=O)CC1(n2cc(-c3ncnc4[nH]ccc34)cn2)CC(O)C1. The van der Waals surface area contributed by atoms with Crippen molar-refractivity contribution in [2.75, 3.05) is 0 Å². The molecule has 23 heavy (non-hydrogen) atoms. The van der Waals surface area contributed by atoms with Gasteiger partial charge in [0.2, 0.25) is 0 Å². The van der Waals surface area contributed by atoms with E-state index < -0.39 is 5.54 Å². The molecule has 1 fully saturated rings. The van der Waals surface area contributed by atoms with Gasteiger partial charge in [0.1, 0.15) is 17.8 Å². The number of nitrogens with one attached hydrogen (secondary N) is 1. The summed E-state index contributed by atoms with van der Waals surface area (Å²) < 4.78 is 1.82. The van der Waals surface area contributed by atoms with Crippen molar-refractivity contribution in [2.24, 2.45) is 0 Å². The minimum absolute atomic E-state index is 0.101. The second-order valence-corrected chi connectivity index (χ2v) is 6.30. The molecule has 0 spiro atoms. The Balaban J connectivity index is 1.74. The van der Waals surface area contributed by atoms with E-state index in [1.807, 2.05) is 23.1 Å². The molecule has 2 N–H and O–H groups in total. The lowest BCUT2D eigenvalue weighted by Gasteiger charge is -2.45. The number of Topliss-reactive ketones (excluding diaryl/α,β-unsaturated/α-hetero) is 1. The van der Waals surface area contributed by atoms with Crippen LogP contribution >= 0.6 is 0 Å². The molecule has 7 heteroatoms. The zero-order chi connectivity index (χ0) is 16.0. The summed E-state index contributed by atoms with van der Waals surface area (Å²) in [7, 11) is 0. The van der Waals surface area contributed by atoms with E-state index in [2.05, 4.69) is 20.1 Å². The van der Waals surface area contributed by atoms with Crippen molar-refractivity contribution < 1.29 is 9.90 Å². The Hall–Kier alpha value is -2.54. The maximum atomic E-state index is 11.6. The maximum Gasteiger partial charge on any atom is 0.141 e. The van der Waals surface area contributed by atoms with Crippen LogP contribution < -0.4 is 0 Å². The van der Waals surface area contributed by atoms with E-state index in [1.165, 1.54) is 6.33 Å². The van der Waals surface area contributed by atoms with Crippen LogP contribution in [0, 0.1) is 0 Å². The van der Waals surface area contributed by atoms with Gasteiger partial charge in [-0.25, -0.2) is 9.97 Å². The number of ketones is 1. The Labute approximate surface area is 132 Å². The van der Waals surface area contributed by atoms with E-state index in [-0.39, 0.29) is 11.9 Å². The van der Waals surface area contributed by atoms with E-state index >= 15 is 0 Å². The molecule has 118 valence electrons. The van der Waals surface area contributed by atoms with Crippen LogP contribution in [0.4, 0.5) is 0 Å². The summed E-state index contributed by atoms with van der Waals surface area (Å²) in [6.45, 7) is 1.57. The third-order valence-electron chi connectivity index (χ3n) is 4.51. The van der Waals surface area contributed by atoms with Crippen LogP contribution in [-0.2, 0) is 10.3 Å². The first kappa shape index (κ1) is 14.1. The number of H-pyrrole nitrogens is 1. The van der Waals surface area contributed by atoms with E-state index in [4.69, 9.17) is 0 Å². The average molecular weight is 311 g/mol. The smallest absolute Gasteiger partial charge is 0.141 e. The van der Waals surface area contributed by atoms with Gasteiger partial charge in [0.05, 0.1) is 23.5 Å². The number of aliphatic hydroxyl groups is 1. The Morgan fingerprint density at radius 3 is 3.04 bits per heavy atom. The highest BCUT2D eigenvalue weighted by Crippen LogP contribution is 2.42. The molecule has 0 amide bonds. The number of carbonyl (C=O) groups excluding carboxylic acids is 1. The molecule has 3 aromatic rings. The third-order valence-corrected chi connectivity index (χ3v) is 4.51. The minimum atomic E-state index is -0.409. The van der Waals surface area contributed by atoms with Crippen LogP contribution in [0.2, 0.25) is 0 Å². The Morgan fingerprint density at radius 2 is 2.30 bits per heavy atom. The molecule has 0 radical (unpaired) electrons. The van der Waals surface area contributed by atoms with Gasteiger partial charge in [-0.3, -0.25) is 9.48 Å². The predicted octanol–water partition coefficient (Wildman–Crippen LogP) is 1.65. The van der Waals surface area contributed by atoms with Crippen LogP contribution in [0.1, 0.15) is 26.2 Å². The lowest BCUT2D eigenvalue weighted by molar-refractivity contribution is -0.123. The van der Waals surface area contributed by atoms with E-state index in [9.17, 15) is 9.90 Å². The fraction of sp³-hybridized carbons (Fsp3) is 0.375. The van der Waals surface area contributed by atoms with E-state index in [0.29, 0.717) is 19.3 Å². The van der Waals surface area contributed by atoms with Crippen LogP contribution in [-0.4, -0.2) is 41.7 Å². The number of aromatic nitrogens is 5. The highest BCUT2D eigenvalue weighted by Gasteiger charge is 2.46. The van der Waals surface area contributed by atoms with E-state index in [0.717, 1.165) is 22.3 Å². The zero-order valence-corrected chi connectivity index (χ0v) is 12.7. The molecule has 0 bridgehead atoms. The standard InChI is InChI=1S/C16H17N5O2/c1-10(22)4-16(5-12(23)6-16)21-8-11(7-20-21)14-13-2-3-17-15(13)19-9-18-14/h2-3,7-9,12,23H,4-6H2,1H3,(H,17,18,19). The first-order valence-corrected chi connectivity index (χ1v) is 7.58. The molecule has 0 unspecified atom stereocenters. The summed E-state index contributed by atoms with van der Waals surface area (Å²) in [5.74, 6) is 0.101. The van der Waals surface area contributed by atoms with Crippen molar-refractivity contribution in [3.63, 3.8) is 0 Å². The molecule has 3 heterocycles. The van der Waals surface area contributed by atoms with Crippen LogP contribution in [0.25, 0.3) is 22.3 Å². The summed E-state index contributed by atoms with van der Waals surface area (Å²) in [5.41, 5.74) is 2.05. The van der Waals surface area contributed by atoms with Crippen molar-refractivity contribution >= 4 is 16.8 Å². The summed E-state index contributed by atoms with van der Waals surface area (Å²) in [6.07, 6.45) is 8.13. The lowest BCUT2D eigenvalue weighted by Crippen LogP contribution is -2.50. The Kier molecular flexibility index (Phi) is 3.05. The highest BCUT2D eigenvalue weighted by molar-refractivity contribution is 5.90. The van der Waals surface area contributed by atoms with Gasteiger partial charge in [-0.05, 0) is 25.8 Å². The van der Waals surface area contributed by atoms with Gasteiger partial charge in [-0.1, -0.05) is 0 Å². The molecule has 0 atom stereocenters. The van der Waals surface area contributed by atoms with Crippen molar-refractivity contribution in [1.29, 1.82) is 0 Å². The lowest BCUT2D eigenvalue weighted by atomic mass is 9.71. The maximum absolute atomic E-state index is 11.6. The average Bonchev–Trinajstić information content (AvgIpc) is 3.13. The van der Waals surface area contributed by atoms with Gasteiger partial charge in [0, 0.05) is 29.8 Å². The topological polar surface area (TPSA) is 96.7 Å². The van der Waals surface area contributed by atoms with Gasteiger partial charge in [-0.15, -0.1) is 0 Å². The molecule has 0 aliphatic heterocycles. The number of carbonyl (C=O) groups is 1. The number of hydrogen-bond acceptors (Lipinski definition) is 5. The number of rotatable bonds is 4. The summed E-state index contributed by atoms with van der Waals surface area (Å²) in [4.78, 5) is 23.2. The highest BCUT2D eigenvalue weighted by atomic mass is 16.3. The van der Waals surface area contributed by atoms with Crippen molar-refractivity contribution in [2.45, 2.75) is 37.8 Å². The van der Waals surface area contributed by atoms with Crippen LogP contribution in [0.3, 0.4) is 0 Å². The van der Waals surface area contributed by atoms with Gasteiger partial charge in [0.25, 0.3) is 0 Å². The third kappa shape index (κ3) is 2.24. The summed E-state index contributed by atoms with van der Waals surface area (Å²) >= 11 is 0. The first-order chi connectivity index (χ1) is 11.1. The van der Waals surface area contributed by atoms with Crippen molar-refractivity contribution in [3.05, 3.63) is 31.0 Å². The molecule has 1 aliphatic rings. The number of aromatic amines is 1. The number of fused-ring (bicyclic) bond motifs is 1. The predicted molar refractivity (Wildman–Crippen MR) is 83.6 cm³/mol. The van der Waals surface area contributed by atoms with E-state index in [1.54, 1.807) is 13.1 Å². The molecule has 4 rings (SSSR count). The molecule has 0 saturated heterocycles. The second kappa shape index (κ2) is 4.99. The fourth-order valence-corrected chi connectivity index (χ4v) is 3.50. The normalized spacial score (nSPS) is 23.8. The quantitative estimate of drug-likeness (QED) is 0.763. The van der Waals surface area contributed by atoms with Gasteiger partial charge < -0.3 is 10.1 Å². The van der Waals surface area contributed by atoms with Crippen LogP contribution in [0.15, 0.2) is 31.0 Å². The van der Waals surface area contributed by atoms with Crippen LogP contribution in [0.5, 0.6) is 0 Å². The number of nitrogens with zero attached hydrogens (tertiary/aromatic N) is 4. The Morgan fingerprint density at radius 1 is 1.48 bits per heavy atom. The fourth-order valence-electron chi connectivity index (χ4n) is 3.50. The number of aliphatic hydroxyl groups excluding tert-OH is 1. The molecular weight excluding hydrogens is 294 g/mol. The molecule has 1 aliphatic carbocycles. The number of hydrogen-bond donors (Lipinski definition) is 2. The Bertz CT molecular complexity index is 875. The molecular formula is C16H17N5O2. The zero-order valence-electron chi connectivity index (χ0n) is 12.7. The van der Waals surface area contributed by atoms with Gasteiger partial charge in [-0.2, -0.15) is 5.10 Å². The van der Waals surface area contributed by atoms with Crippen molar-refractivity contribution in [1.82, 2.24) is 24.7 Å². The second-order valence-electron chi connectivity index (χ2n) is 6.30. The van der Waals surface area contributed by atoms with Gasteiger partial charge >= 0.3 is 0 Å².